The number of nitrogen functional groups attached to an aromatic ring is 1. The fourth-order valence-electron chi connectivity index (χ4n) is 0.485. The van der Waals surface area contributed by atoms with E-state index < -0.39 is 0 Å². The van der Waals surface area contributed by atoms with Crippen LogP contribution in [0, 0.1) is 0 Å². The third-order valence-electron chi connectivity index (χ3n) is 0.779. The maximum absolute atomic E-state index is 5.60. The normalized spacial score (nSPS) is 9.56. The Morgan fingerprint density at radius 3 is 2.67 bits per heavy atom. The molecule has 0 radical (unpaired) electrons. The highest BCUT2D eigenvalue weighted by atomic mass is 79.9. The molecule has 0 aliphatic rings. The maximum Gasteiger partial charge on any atom is 0.126 e. The molecular weight excluding hydrogens is 203 g/mol. The first-order valence-corrected chi connectivity index (χ1v) is 3.44. The molecule has 48 valence electrons. The summed E-state index contributed by atoms with van der Waals surface area (Å²) in [6.45, 7) is 0. The predicted octanol–water partition coefficient (Wildman–Crippen LogP) is 2.08. The van der Waals surface area contributed by atoms with E-state index in [2.05, 4.69) is 20.9 Å². The molecule has 0 aliphatic carbocycles. The van der Waals surface area contributed by atoms with Gasteiger partial charge in [-0.25, -0.2) is 4.98 Å². The SMILES string of the molecule is Nc1cc(Cl)cc(Br)n1. The Morgan fingerprint density at radius 1 is 1.56 bits per heavy atom. The highest BCUT2D eigenvalue weighted by Crippen LogP contribution is 2.16. The Balaban J connectivity index is 3.17. The lowest BCUT2D eigenvalue weighted by molar-refractivity contribution is 1.29. The van der Waals surface area contributed by atoms with Gasteiger partial charge in [-0.1, -0.05) is 11.6 Å². The molecule has 1 heterocycles. The highest BCUT2D eigenvalue weighted by molar-refractivity contribution is 9.10. The molecule has 4 heteroatoms. The Bertz CT molecular complexity index is 176. The average molecular weight is 207 g/mol. The summed E-state index contributed by atoms with van der Waals surface area (Å²) in [4.78, 5) is 3.84. The van der Waals surface area contributed by atoms with Crippen LogP contribution in [0.15, 0.2) is 16.7 Å². The minimum absolute atomic E-state index is 0.425. The number of pyridine rings is 1. The Hall–Kier alpha value is -0.280. The van der Waals surface area contributed by atoms with Crippen LogP contribution < -0.4 is 5.73 Å². The van der Waals surface area contributed by atoms with Crippen molar-refractivity contribution in [3.8, 4) is 0 Å². The van der Waals surface area contributed by atoms with Gasteiger partial charge in [0.05, 0.1) is 0 Å². The second-order valence-corrected chi connectivity index (χ2v) is 2.78. The molecule has 1 rings (SSSR count). The van der Waals surface area contributed by atoms with Crippen molar-refractivity contribution in [1.29, 1.82) is 0 Å². The number of aromatic nitrogens is 1. The van der Waals surface area contributed by atoms with Crippen molar-refractivity contribution in [3.05, 3.63) is 21.8 Å². The van der Waals surface area contributed by atoms with E-state index in [1.54, 1.807) is 12.1 Å². The molecule has 0 saturated carbocycles. The lowest BCUT2D eigenvalue weighted by atomic mass is 10.5. The molecule has 0 saturated heterocycles. The number of nitrogens with two attached hydrogens (primary N) is 1. The second-order valence-electron chi connectivity index (χ2n) is 1.53. The van der Waals surface area contributed by atoms with E-state index in [-0.39, 0.29) is 0 Å². The molecule has 2 nitrogen and oxygen atoms in total. The molecule has 9 heavy (non-hydrogen) atoms. The first-order valence-electron chi connectivity index (χ1n) is 2.27. The van der Waals surface area contributed by atoms with Crippen LogP contribution in [-0.2, 0) is 0 Å². The van der Waals surface area contributed by atoms with Crippen LogP contribution in [0.4, 0.5) is 5.82 Å². The van der Waals surface area contributed by atoms with E-state index >= 15 is 0 Å². The van der Waals surface area contributed by atoms with Gasteiger partial charge in [-0.15, -0.1) is 0 Å². The van der Waals surface area contributed by atoms with Gasteiger partial charge in [0.1, 0.15) is 10.4 Å². The molecule has 1 aromatic rings. The Morgan fingerprint density at radius 2 is 2.22 bits per heavy atom. The van der Waals surface area contributed by atoms with E-state index in [9.17, 15) is 0 Å². The van der Waals surface area contributed by atoms with Crippen molar-refractivity contribution in [2.24, 2.45) is 0 Å². The van der Waals surface area contributed by atoms with Crippen LogP contribution in [0.25, 0.3) is 0 Å². The smallest absolute Gasteiger partial charge is 0.126 e. The number of hydrogen-bond donors (Lipinski definition) is 1. The standard InChI is InChI=1S/C5H4BrClN2/c6-4-1-3(7)2-5(8)9-4/h1-2H,(H2,8,9). The fourth-order valence-corrected chi connectivity index (χ4v) is 1.28. The maximum atomic E-state index is 5.60. The molecule has 2 N–H and O–H groups in total. The second kappa shape index (κ2) is 2.54. The van der Waals surface area contributed by atoms with Crippen LogP contribution in [-0.4, -0.2) is 4.98 Å². The van der Waals surface area contributed by atoms with Crippen molar-refractivity contribution in [3.63, 3.8) is 0 Å². The molecule has 0 aliphatic heterocycles. The number of anilines is 1. The number of nitrogens with zero attached hydrogens (tertiary/aromatic N) is 1. The molecule has 0 aromatic carbocycles. The molecule has 0 amide bonds. The number of halogens is 2. The third-order valence-corrected chi connectivity index (χ3v) is 1.40. The topological polar surface area (TPSA) is 38.9 Å². The zero-order valence-corrected chi connectivity index (χ0v) is 6.78. The van der Waals surface area contributed by atoms with E-state index in [4.69, 9.17) is 17.3 Å². The molecule has 1 aromatic heterocycles. The van der Waals surface area contributed by atoms with E-state index in [1.807, 2.05) is 0 Å². The summed E-state index contributed by atoms with van der Waals surface area (Å²) in [5.41, 5.74) is 5.33. The van der Waals surface area contributed by atoms with Gasteiger partial charge in [0.25, 0.3) is 0 Å². The first-order chi connectivity index (χ1) is 4.18. The summed E-state index contributed by atoms with van der Waals surface area (Å²) < 4.78 is 0.660. The number of hydrogen-bond acceptors (Lipinski definition) is 2. The molecule has 0 unspecified atom stereocenters. The summed E-state index contributed by atoms with van der Waals surface area (Å²) in [6, 6.07) is 3.27. The monoisotopic (exact) mass is 206 g/mol. The van der Waals surface area contributed by atoms with Gasteiger partial charge < -0.3 is 5.73 Å². The summed E-state index contributed by atoms with van der Waals surface area (Å²) >= 11 is 8.74. The molecule has 0 fully saturated rings. The summed E-state index contributed by atoms with van der Waals surface area (Å²) in [5, 5.41) is 0.592. The predicted molar refractivity (Wildman–Crippen MR) is 41.4 cm³/mol. The van der Waals surface area contributed by atoms with Crippen LogP contribution in [0.3, 0.4) is 0 Å². The largest absolute Gasteiger partial charge is 0.384 e. The van der Waals surface area contributed by atoms with Crippen molar-refractivity contribution < 1.29 is 0 Å². The molecule has 0 spiro atoms. The molecular formula is C5H4BrClN2. The van der Waals surface area contributed by atoms with Gasteiger partial charge in [0.15, 0.2) is 0 Å². The van der Waals surface area contributed by atoms with Gasteiger partial charge in [0, 0.05) is 5.02 Å². The first kappa shape index (κ1) is 6.83. The van der Waals surface area contributed by atoms with Crippen molar-refractivity contribution in [2.75, 3.05) is 5.73 Å². The van der Waals surface area contributed by atoms with Crippen LogP contribution >= 0.6 is 27.5 Å². The van der Waals surface area contributed by atoms with Crippen molar-refractivity contribution in [1.82, 2.24) is 4.98 Å². The summed E-state index contributed by atoms with van der Waals surface area (Å²) in [7, 11) is 0. The van der Waals surface area contributed by atoms with Gasteiger partial charge in [-0.2, -0.15) is 0 Å². The quantitative estimate of drug-likeness (QED) is 0.662. The van der Waals surface area contributed by atoms with Crippen LogP contribution in [0.5, 0.6) is 0 Å². The Labute approximate surface area is 66.2 Å². The van der Waals surface area contributed by atoms with Crippen molar-refractivity contribution in [2.45, 2.75) is 0 Å². The van der Waals surface area contributed by atoms with Crippen LogP contribution in [0.2, 0.25) is 5.02 Å². The number of rotatable bonds is 0. The lowest BCUT2D eigenvalue weighted by Crippen LogP contribution is -1.88. The third kappa shape index (κ3) is 1.84. The van der Waals surface area contributed by atoms with Crippen molar-refractivity contribution >= 4 is 33.3 Å². The minimum atomic E-state index is 0.425. The lowest BCUT2D eigenvalue weighted by Gasteiger charge is -1.93. The van der Waals surface area contributed by atoms with E-state index in [0.717, 1.165) is 0 Å². The van der Waals surface area contributed by atoms with Gasteiger partial charge >= 0.3 is 0 Å². The Kier molecular flexibility index (Phi) is 1.93. The molecule has 0 bridgehead atoms. The molecule has 0 atom stereocenters. The summed E-state index contributed by atoms with van der Waals surface area (Å²) in [6.07, 6.45) is 0. The van der Waals surface area contributed by atoms with Gasteiger partial charge in [-0.05, 0) is 28.1 Å². The van der Waals surface area contributed by atoms with Gasteiger partial charge in [0.2, 0.25) is 0 Å². The minimum Gasteiger partial charge on any atom is -0.384 e. The van der Waals surface area contributed by atoms with Crippen LogP contribution in [0.1, 0.15) is 0 Å². The van der Waals surface area contributed by atoms with E-state index in [1.165, 1.54) is 0 Å². The zero-order chi connectivity index (χ0) is 6.85. The fraction of sp³-hybridized carbons (Fsp3) is 0. The zero-order valence-electron chi connectivity index (χ0n) is 4.44. The highest BCUT2D eigenvalue weighted by Gasteiger charge is 1.92. The van der Waals surface area contributed by atoms with Gasteiger partial charge in [-0.3, -0.25) is 0 Å². The van der Waals surface area contributed by atoms with E-state index in [0.29, 0.717) is 15.4 Å². The average Bonchev–Trinajstić information content (AvgIpc) is 1.59. The summed E-state index contributed by atoms with van der Waals surface area (Å²) in [5.74, 6) is 0.425.